The predicted molar refractivity (Wildman–Crippen MR) is 103 cm³/mol. The molecular weight excluding hydrogens is 402 g/mol. The van der Waals surface area contributed by atoms with E-state index in [0.29, 0.717) is 0 Å². The van der Waals surface area contributed by atoms with E-state index in [0.717, 1.165) is 13.7 Å². The van der Waals surface area contributed by atoms with Crippen LogP contribution in [0.4, 0.5) is 0 Å². The topological polar surface area (TPSA) is 145 Å². The van der Waals surface area contributed by atoms with E-state index >= 15 is 0 Å². The van der Waals surface area contributed by atoms with Crippen molar-refractivity contribution in [2.24, 2.45) is 0 Å². The van der Waals surface area contributed by atoms with Crippen molar-refractivity contribution in [3.05, 3.63) is 31.5 Å². The van der Waals surface area contributed by atoms with Crippen molar-refractivity contribution in [1.29, 1.82) is 0 Å². The first-order chi connectivity index (χ1) is 14.3. The summed E-state index contributed by atoms with van der Waals surface area (Å²) in [5.41, 5.74) is -2.77. The van der Waals surface area contributed by atoms with E-state index in [-0.39, 0.29) is 58.7 Å². The third kappa shape index (κ3) is 7.01. The molecule has 0 N–H and O–H groups in total. The van der Waals surface area contributed by atoms with Crippen LogP contribution in [0.5, 0.6) is 0 Å². The number of nitrogens with zero attached hydrogens (tertiary/aromatic N) is 3. The van der Waals surface area contributed by atoms with Crippen LogP contribution in [0, 0.1) is 0 Å². The van der Waals surface area contributed by atoms with E-state index in [2.05, 4.69) is 0 Å². The first-order valence-electron chi connectivity index (χ1n) is 9.68. The fourth-order valence-corrected chi connectivity index (χ4v) is 2.31. The van der Waals surface area contributed by atoms with Gasteiger partial charge in [-0.3, -0.25) is 14.4 Å². The Morgan fingerprint density at radius 3 is 1.00 bits per heavy atom. The van der Waals surface area contributed by atoms with Crippen molar-refractivity contribution in [3.63, 3.8) is 0 Å². The molecule has 0 saturated carbocycles. The molecule has 0 radical (unpaired) electrons. The third-order valence-corrected chi connectivity index (χ3v) is 3.99. The van der Waals surface area contributed by atoms with Crippen LogP contribution in [0.2, 0.25) is 0 Å². The van der Waals surface area contributed by atoms with Gasteiger partial charge in [-0.1, -0.05) is 20.8 Å². The average molecular weight is 429 g/mol. The van der Waals surface area contributed by atoms with Gasteiger partial charge < -0.3 is 14.2 Å². The van der Waals surface area contributed by atoms with E-state index in [4.69, 9.17) is 14.2 Å². The number of aromatic nitrogens is 3. The summed E-state index contributed by atoms with van der Waals surface area (Å²) < 4.78 is 16.9. The normalized spacial score (nSPS) is 10.5. The maximum absolute atomic E-state index is 12.6. The Balaban J connectivity index is 3.20. The van der Waals surface area contributed by atoms with Crippen LogP contribution in [-0.2, 0) is 48.2 Å². The van der Waals surface area contributed by atoms with Crippen LogP contribution in [0.3, 0.4) is 0 Å². The number of esters is 3. The van der Waals surface area contributed by atoms with E-state index in [1.165, 1.54) is 0 Å². The van der Waals surface area contributed by atoms with E-state index < -0.39 is 35.0 Å². The van der Waals surface area contributed by atoms with Crippen LogP contribution in [-0.4, -0.2) is 51.4 Å². The standard InChI is InChI=1S/C18H27N3O9/c1-4-13(22)28-10-7-19-16(25)20(8-11-29-14(23)5-2)18(27)21(17(19)26)9-12-30-15(24)6-3/h4-12H2,1-3H3. The van der Waals surface area contributed by atoms with Gasteiger partial charge in [0.1, 0.15) is 19.8 Å². The number of carbonyl (C=O) groups excluding carboxylic acids is 3. The highest BCUT2D eigenvalue weighted by atomic mass is 16.5. The van der Waals surface area contributed by atoms with Crippen LogP contribution in [0.15, 0.2) is 14.4 Å². The molecule has 1 heterocycles. The molecule has 0 aliphatic heterocycles. The Kier molecular flexibility index (Phi) is 10.3. The molecule has 0 aromatic carbocycles. The van der Waals surface area contributed by atoms with Crippen LogP contribution in [0.25, 0.3) is 0 Å². The molecule has 0 bridgehead atoms. The van der Waals surface area contributed by atoms with Gasteiger partial charge in [0.25, 0.3) is 0 Å². The van der Waals surface area contributed by atoms with Crippen LogP contribution >= 0.6 is 0 Å². The highest BCUT2D eigenvalue weighted by Gasteiger charge is 2.16. The maximum atomic E-state index is 12.6. The highest BCUT2D eigenvalue weighted by molar-refractivity contribution is 5.69. The number of carbonyl (C=O) groups is 3. The summed E-state index contributed by atoms with van der Waals surface area (Å²) in [5, 5.41) is 0. The zero-order valence-corrected chi connectivity index (χ0v) is 17.4. The third-order valence-electron chi connectivity index (χ3n) is 3.99. The van der Waals surface area contributed by atoms with E-state index in [1.807, 2.05) is 0 Å². The van der Waals surface area contributed by atoms with Crippen molar-refractivity contribution >= 4 is 17.9 Å². The molecule has 12 heteroatoms. The van der Waals surface area contributed by atoms with Gasteiger partial charge >= 0.3 is 35.0 Å². The van der Waals surface area contributed by atoms with Gasteiger partial charge in [-0.05, 0) is 0 Å². The number of ether oxygens (including phenoxy) is 3. The molecule has 0 amide bonds. The second kappa shape index (κ2) is 12.4. The molecule has 0 fully saturated rings. The summed E-state index contributed by atoms with van der Waals surface area (Å²) in [5.74, 6) is -1.51. The lowest BCUT2D eigenvalue weighted by Crippen LogP contribution is -2.55. The maximum Gasteiger partial charge on any atom is 0.336 e. The summed E-state index contributed by atoms with van der Waals surface area (Å²) in [4.78, 5) is 71.7. The summed E-state index contributed by atoms with van der Waals surface area (Å²) in [6, 6.07) is 0. The monoisotopic (exact) mass is 429 g/mol. The van der Waals surface area contributed by atoms with Gasteiger partial charge in [-0.2, -0.15) is 0 Å². The van der Waals surface area contributed by atoms with E-state index in [9.17, 15) is 28.8 Å². The molecule has 0 aliphatic carbocycles. The average Bonchev–Trinajstić information content (AvgIpc) is 2.74. The fourth-order valence-electron chi connectivity index (χ4n) is 2.31. The first kappa shape index (κ1) is 24.9. The molecule has 30 heavy (non-hydrogen) atoms. The Bertz CT molecular complexity index is 777. The fraction of sp³-hybridized carbons (Fsp3) is 0.667. The van der Waals surface area contributed by atoms with Gasteiger partial charge in [0.2, 0.25) is 0 Å². The van der Waals surface area contributed by atoms with Crippen molar-refractivity contribution in [2.75, 3.05) is 19.8 Å². The Morgan fingerprint density at radius 2 is 0.800 bits per heavy atom. The lowest BCUT2D eigenvalue weighted by molar-refractivity contribution is -0.144. The zero-order valence-electron chi connectivity index (χ0n) is 17.4. The Hall–Kier alpha value is -3.18. The second-order valence-corrected chi connectivity index (χ2v) is 6.02. The molecular formula is C18H27N3O9. The largest absolute Gasteiger partial charge is 0.464 e. The van der Waals surface area contributed by atoms with Crippen molar-refractivity contribution in [1.82, 2.24) is 13.7 Å². The lowest BCUT2D eigenvalue weighted by atomic mass is 10.5. The first-order valence-corrected chi connectivity index (χ1v) is 9.68. The Morgan fingerprint density at radius 1 is 0.567 bits per heavy atom. The number of hydrogen-bond acceptors (Lipinski definition) is 9. The molecule has 0 atom stereocenters. The minimum Gasteiger partial charge on any atom is -0.464 e. The minimum atomic E-state index is -0.924. The molecule has 0 unspecified atom stereocenters. The minimum absolute atomic E-state index is 0.129. The van der Waals surface area contributed by atoms with Crippen LogP contribution in [0.1, 0.15) is 40.0 Å². The molecule has 0 spiro atoms. The van der Waals surface area contributed by atoms with Gasteiger partial charge in [0.05, 0.1) is 19.6 Å². The number of hydrogen-bond donors (Lipinski definition) is 0. The van der Waals surface area contributed by atoms with Gasteiger partial charge in [-0.15, -0.1) is 0 Å². The Labute approximate surface area is 172 Å². The molecule has 1 aromatic rings. The summed E-state index contributed by atoms with van der Waals surface area (Å²) >= 11 is 0. The summed E-state index contributed by atoms with van der Waals surface area (Å²) in [6.45, 7) is 3.25. The number of rotatable bonds is 12. The summed E-state index contributed by atoms with van der Waals surface area (Å²) in [6.07, 6.45) is 0.388. The van der Waals surface area contributed by atoms with Crippen LogP contribution < -0.4 is 17.1 Å². The van der Waals surface area contributed by atoms with Crippen molar-refractivity contribution in [3.8, 4) is 0 Å². The zero-order chi connectivity index (χ0) is 22.7. The van der Waals surface area contributed by atoms with Gasteiger partial charge in [-0.25, -0.2) is 28.1 Å². The van der Waals surface area contributed by atoms with Gasteiger partial charge in [0.15, 0.2) is 0 Å². The molecule has 0 aliphatic rings. The molecule has 1 rings (SSSR count). The molecule has 168 valence electrons. The second-order valence-electron chi connectivity index (χ2n) is 6.02. The molecule has 12 nitrogen and oxygen atoms in total. The highest BCUT2D eigenvalue weighted by Crippen LogP contribution is 1.89. The van der Waals surface area contributed by atoms with Crippen molar-refractivity contribution in [2.45, 2.75) is 59.7 Å². The quantitative estimate of drug-likeness (QED) is 0.303. The van der Waals surface area contributed by atoms with E-state index in [1.54, 1.807) is 20.8 Å². The van der Waals surface area contributed by atoms with Gasteiger partial charge in [0, 0.05) is 19.3 Å². The SMILES string of the molecule is CCC(=O)OCCn1c(=O)n(CCOC(=O)CC)c(=O)n(CCOC(=O)CC)c1=O. The lowest BCUT2D eigenvalue weighted by Gasteiger charge is -2.14. The predicted octanol–water partition coefficient (Wildman–Crippen LogP) is -0.969. The summed E-state index contributed by atoms with van der Waals surface area (Å²) in [7, 11) is 0. The van der Waals surface area contributed by atoms with Crippen molar-refractivity contribution < 1.29 is 28.6 Å². The molecule has 0 saturated heterocycles. The molecule has 1 aromatic heterocycles. The smallest absolute Gasteiger partial charge is 0.336 e.